The van der Waals surface area contributed by atoms with Crippen molar-refractivity contribution in [3.8, 4) is 0 Å². The Morgan fingerprint density at radius 1 is 1.33 bits per heavy atom. The zero-order valence-corrected chi connectivity index (χ0v) is 12.8. The van der Waals surface area contributed by atoms with E-state index < -0.39 is 0 Å². The molecule has 0 saturated carbocycles. The molecule has 0 spiro atoms. The first kappa shape index (κ1) is 13.3. The molecular formula is C12H11Br2N3O. The highest BCUT2D eigenvalue weighted by Gasteiger charge is 2.08. The molecule has 1 heterocycles. The highest BCUT2D eigenvalue weighted by atomic mass is 79.9. The van der Waals surface area contributed by atoms with E-state index in [2.05, 4.69) is 36.8 Å². The maximum absolute atomic E-state index is 12.0. The van der Waals surface area contributed by atoms with Crippen LogP contribution in [-0.4, -0.2) is 9.55 Å². The SMILES string of the molecule is Cc1ncc(Br)c(=O)n1Cc1ccc(N)cc1Br. The summed E-state index contributed by atoms with van der Waals surface area (Å²) >= 11 is 6.64. The minimum Gasteiger partial charge on any atom is -0.399 e. The fourth-order valence-electron chi connectivity index (χ4n) is 1.60. The van der Waals surface area contributed by atoms with Crippen molar-refractivity contribution in [1.29, 1.82) is 0 Å². The number of aromatic nitrogens is 2. The van der Waals surface area contributed by atoms with E-state index in [1.54, 1.807) is 11.5 Å². The number of nitrogen functional groups attached to an aromatic ring is 1. The van der Waals surface area contributed by atoms with E-state index in [1.165, 1.54) is 6.20 Å². The standard InChI is InChI=1S/C12H11Br2N3O/c1-7-16-5-11(14)12(18)17(7)6-8-2-3-9(15)4-10(8)13/h2-5H,6,15H2,1H3. The molecule has 2 N–H and O–H groups in total. The number of hydrogen-bond acceptors (Lipinski definition) is 3. The van der Waals surface area contributed by atoms with Crippen molar-refractivity contribution in [2.24, 2.45) is 0 Å². The lowest BCUT2D eigenvalue weighted by Gasteiger charge is -2.11. The van der Waals surface area contributed by atoms with Crippen LogP contribution in [0.1, 0.15) is 11.4 Å². The predicted octanol–water partition coefficient (Wildman–Crippen LogP) is 2.71. The van der Waals surface area contributed by atoms with Gasteiger partial charge < -0.3 is 5.73 Å². The third-order valence-corrected chi connectivity index (χ3v) is 3.89. The molecule has 4 nitrogen and oxygen atoms in total. The predicted molar refractivity (Wildman–Crippen MR) is 78.6 cm³/mol. The van der Waals surface area contributed by atoms with E-state index in [1.807, 2.05) is 18.2 Å². The molecule has 0 atom stereocenters. The number of anilines is 1. The summed E-state index contributed by atoms with van der Waals surface area (Å²) in [4.78, 5) is 16.2. The molecule has 6 heteroatoms. The fourth-order valence-corrected chi connectivity index (χ4v) is 2.44. The largest absolute Gasteiger partial charge is 0.399 e. The van der Waals surface area contributed by atoms with Gasteiger partial charge in [-0.15, -0.1) is 0 Å². The van der Waals surface area contributed by atoms with Crippen molar-refractivity contribution in [1.82, 2.24) is 9.55 Å². The second-order valence-electron chi connectivity index (χ2n) is 3.90. The van der Waals surface area contributed by atoms with Crippen LogP contribution in [0.25, 0.3) is 0 Å². The first-order valence-corrected chi connectivity index (χ1v) is 6.83. The van der Waals surface area contributed by atoms with Gasteiger partial charge in [0, 0.05) is 16.4 Å². The first-order chi connectivity index (χ1) is 8.49. The van der Waals surface area contributed by atoms with E-state index in [-0.39, 0.29) is 5.56 Å². The van der Waals surface area contributed by atoms with Gasteiger partial charge in [0.2, 0.25) is 0 Å². The molecule has 0 fully saturated rings. The Balaban J connectivity index is 2.46. The van der Waals surface area contributed by atoms with Crippen LogP contribution in [0.3, 0.4) is 0 Å². The summed E-state index contributed by atoms with van der Waals surface area (Å²) in [7, 11) is 0. The van der Waals surface area contributed by atoms with E-state index in [4.69, 9.17) is 5.73 Å². The molecule has 0 radical (unpaired) electrons. The van der Waals surface area contributed by atoms with Crippen LogP contribution < -0.4 is 11.3 Å². The van der Waals surface area contributed by atoms with Gasteiger partial charge in [0.25, 0.3) is 5.56 Å². The van der Waals surface area contributed by atoms with Gasteiger partial charge in [-0.05, 0) is 40.5 Å². The summed E-state index contributed by atoms with van der Waals surface area (Å²) in [6.45, 7) is 2.26. The molecule has 0 saturated heterocycles. The number of aryl methyl sites for hydroxylation is 1. The molecule has 1 aromatic heterocycles. The van der Waals surface area contributed by atoms with Gasteiger partial charge in [-0.2, -0.15) is 0 Å². The second-order valence-corrected chi connectivity index (χ2v) is 5.60. The van der Waals surface area contributed by atoms with Crippen molar-refractivity contribution in [3.05, 3.63) is 55.1 Å². The summed E-state index contributed by atoms with van der Waals surface area (Å²) in [5.41, 5.74) is 7.26. The zero-order valence-electron chi connectivity index (χ0n) is 9.65. The average Bonchev–Trinajstić information content (AvgIpc) is 2.32. The highest BCUT2D eigenvalue weighted by molar-refractivity contribution is 9.10. The molecule has 2 aromatic rings. The fraction of sp³-hybridized carbons (Fsp3) is 0.167. The van der Waals surface area contributed by atoms with Crippen molar-refractivity contribution in [2.75, 3.05) is 5.73 Å². The van der Waals surface area contributed by atoms with Gasteiger partial charge in [-0.25, -0.2) is 4.98 Å². The molecule has 94 valence electrons. The monoisotopic (exact) mass is 371 g/mol. The van der Waals surface area contributed by atoms with Crippen LogP contribution in [0.2, 0.25) is 0 Å². The Bertz CT molecular complexity index is 652. The summed E-state index contributed by atoms with van der Waals surface area (Å²) in [6.07, 6.45) is 1.52. The number of nitrogens with two attached hydrogens (primary N) is 1. The molecule has 2 rings (SSSR count). The molecular weight excluding hydrogens is 362 g/mol. The summed E-state index contributed by atoms with van der Waals surface area (Å²) < 4.78 is 2.95. The van der Waals surface area contributed by atoms with Crippen LogP contribution in [0.4, 0.5) is 5.69 Å². The van der Waals surface area contributed by atoms with Crippen LogP contribution in [0.15, 0.2) is 38.1 Å². The summed E-state index contributed by atoms with van der Waals surface area (Å²) in [5, 5.41) is 0. The molecule has 0 aliphatic rings. The third kappa shape index (κ3) is 2.64. The molecule has 0 unspecified atom stereocenters. The van der Waals surface area contributed by atoms with Crippen LogP contribution >= 0.6 is 31.9 Å². The van der Waals surface area contributed by atoms with E-state index in [0.29, 0.717) is 22.5 Å². The molecule has 0 bridgehead atoms. The number of hydrogen-bond donors (Lipinski definition) is 1. The van der Waals surface area contributed by atoms with Crippen LogP contribution in [0.5, 0.6) is 0 Å². The molecule has 1 aromatic carbocycles. The number of halogens is 2. The van der Waals surface area contributed by atoms with Crippen LogP contribution in [-0.2, 0) is 6.54 Å². The van der Waals surface area contributed by atoms with Crippen LogP contribution in [0, 0.1) is 6.92 Å². The van der Waals surface area contributed by atoms with Gasteiger partial charge >= 0.3 is 0 Å². The maximum Gasteiger partial charge on any atom is 0.268 e. The van der Waals surface area contributed by atoms with Gasteiger partial charge in [0.05, 0.1) is 6.54 Å². The zero-order chi connectivity index (χ0) is 13.3. The summed E-state index contributed by atoms with van der Waals surface area (Å²) in [6, 6.07) is 5.53. The molecule has 0 aliphatic carbocycles. The normalized spacial score (nSPS) is 10.6. The van der Waals surface area contributed by atoms with E-state index in [9.17, 15) is 4.79 Å². The maximum atomic E-state index is 12.0. The Labute approximate surface area is 121 Å². The number of rotatable bonds is 2. The Morgan fingerprint density at radius 2 is 2.06 bits per heavy atom. The average molecular weight is 373 g/mol. The lowest BCUT2D eigenvalue weighted by Crippen LogP contribution is -2.24. The van der Waals surface area contributed by atoms with Crippen molar-refractivity contribution >= 4 is 37.5 Å². The second kappa shape index (κ2) is 5.24. The Morgan fingerprint density at radius 3 is 2.72 bits per heavy atom. The van der Waals surface area contributed by atoms with Crippen molar-refractivity contribution in [2.45, 2.75) is 13.5 Å². The van der Waals surface area contributed by atoms with Gasteiger partial charge in [-0.3, -0.25) is 9.36 Å². The molecule has 0 aliphatic heterocycles. The quantitative estimate of drug-likeness (QED) is 0.824. The summed E-state index contributed by atoms with van der Waals surface area (Å²) in [5.74, 6) is 0.673. The topological polar surface area (TPSA) is 60.9 Å². The lowest BCUT2D eigenvalue weighted by molar-refractivity contribution is 0.694. The van der Waals surface area contributed by atoms with E-state index >= 15 is 0 Å². The molecule has 0 amide bonds. The smallest absolute Gasteiger partial charge is 0.268 e. The number of benzene rings is 1. The first-order valence-electron chi connectivity index (χ1n) is 5.25. The number of nitrogens with zero attached hydrogens (tertiary/aromatic N) is 2. The minimum atomic E-state index is -0.0915. The highest BCUT2D eigenvalue weighted by Crippen LogP contribution is 2.20. The van der Waals surface area contributed by atoms with Gasteiger partial charge in [-0.1, -0.05) is 22.0 Å². The van der Waals surface area contributed by atoms with Crippen molar-refractivity contribution < 1.29 is 0 Å². The molecule has 18 heavy (non-hydrogen) atoms. The third-order valence-electron chi connectivity index (χ3n) is 2.61. The van der Waals surface area contributed by atoms with Crippen molar-refractivity contribution in [3.63, 3.8) is 0 Å². The minimum absolute atomic E-state index is 0.0915. The Kier molecular flexibility index (Phi) is 3.87. The van der Waals surface area contributed by atoms with E-state index in [0.717, 1.165) is 10.0 Å². The lowest BCUT2D eigenvalue weighted by atomic mass is 10.2. The van der Waals surface area contributed by atoms with Gasteiger partial charge in [0.15, 0.2) is 0 Å². The Hall–Kier alpha value is -1.14. The van der Waals surface area contributed by atoms with Gasteiger partial charge in [0.1, 0.15) is 10.3 Å².